The number of nitrogens with zero attached hydrogens (tertiary/aromatic N) is 2. The second-order valence-electron chi connectivity index (χ2n) is 8.62. The molecular formula is C27H29ClN2O3S. The number of rotatable bonds is 6. The third-order valence-electron chi connectivity index (χ3n) is 6.39. The lowest BCUT2D eigenvalue weighted by Crippen LogP contribution is -2.49. The second-order valence-corrected chi connectivity index (χ2v) is 11.0. The van der Waals surface area contributed by atoms with Crippen molar-refractivity contribution in [2.75, 3.05) is 18.0 Å². The molecule has 0 unspecified atom stereocenters. The number of anilines is 1. The van der Waals surface area contributed by atoms with E-state index < -0.39 is 10.0 Å². The maximum absolute atomic E-state index is 13.6. The normalized spacial score (nSPS) is 15.3. The maximum atomic E-state index is 13.6. The van der Waals surface area contributed by atoms with Crippen molar-refractivity contribution in [1.82, 2.24) is 4.31 Å². The number of hydrogen-bond donors (Lipinski definition) is 0. The Morgan fingerprint density at radius 2 is 1.59 bits per heavy atom. The average Bonchev–Trinajstić information content (AvgIpc) is 2.86. The Morgan fingerprint density at radius 1 is 0.971 bits per heavy atom. The molecule has 1 amide bonds. The summed E-state index contributed by atoms with van der Waals surface area (Å²) < 4.78 is 27.9. The van der Waals surface area contributed by atoms with Gasteiger partial charge in [0.2, 0.25) is 10.0 Å². The predicted molar refractivity (Wildman–Crippen MR) is 137 cm³/mol. The van der Waals surface area contributed by atoms with E-state index in [1.807, 2.05) is 50.2 Å². The van der Waals surface area contributed by atoms with E-state index in [1.165, 1.54) is 4.31 Å². The van der Waals surface area contributed by atoms with Crippen LogP contribution in [0.15, 0.2) is 77.7 Å². The molecule has 0 spiro atoms. The summed E-state index contributed by atoms with van der Waals surface area (Å²) in [5.74, 6) is -0.175. The van der Waals surface area contributed by atoms with Crippen molar-refractivity contribution in [3.63, 3.8) is 0 Å². The molecule has 0 saturated carbocycles. The van der Waals surface area contributed by atoms with Crippen molar-refractivity contribution < 1.29 is 13.2 Å². The molecule has 1 fully saturated rings. The second kappa shape index (κ2) is 10.3. The summed E-state index contributed by atoms with van der Waals surface area (Å²) >= 11 is 6.35. The SMILES string of the molecule is CCc1ccc(S(=O)(=O)N2CCC(N(C(=O)c3ccccc3Cl)c3ccc(C)cc3)CC2)cc1. The standard InChI is InChI=1S/C27H29ClN2O3S/c1-3-21-10-14-24(15-11-21)34(32,33)29-18-16-23(17-19-29)30(22-12-8-20(2)9-13-22)27(31)25-6-4-5-7-26(25)28/h4-15,23H,3,16-19H2,1-2H3. The summed E-state index contributed by atoms with van der Waals surface area (Å²) in [5, 5.41) is 0.403. The molecule has 178 valence electrons. The summed E-state index contributed by atoms with van der Waals surface area (Å²) in [4.78, 5) is 15.7. The monoisotopic (exact) mass is 496 g/mol. The molecule has 3 aromatic rings. The smallest absolute Gasteiger partial charge is 0.260 e. The quantitative estimate of drug-likeness (QED) is 0.439. The number of piperidine rings is 1. The van der Waals surface area contributed by atoms with Crippen molar-refractivity contribution in [1.29, 1.82) is 0 Å². The van der Waals surface area contributed by atoms with Crippen LogP contribution in [0.2, 0.25) is 5.02 Å². The highest BCUT2D eigenvalue weighted by Crippen LogP contribution is 2.30. The highest BCUT2D eigenvalue weighted by Gasteiger charge is 2.34. The Hall–Kier alpha value is -2.67. The first-order chi connectivity index (χ1) is 16.3. The number of hydrogen-bond acceptors (Lipinski definition) is 3. The van der Waals surface area contributed by atoms with Gasteiger partial charge in [-0.25, -0.2) is 8.42 Å². The molecule has 1 heterocycles. The molecule has 0 N–H and O–H groups in total. The minimum atomic E-state index is -3.58. The third-order valence-corrected chi connectivity index (χ3v) is 8.64. The van der Waals surface area contributed by atoms with Gasteiger partial charge < -0.3 is 4.90 Å². The van der Waals surface area contributed by atoms with E-state index >= 15 is 0 Å². The summed E-state index contributed by atoms with van der Waals surface area (Å²) in [7, 11) is -3.58. The van der Waals surface area contributed by atoms with Crippen molar-refractivity contribution in [3.8, 4) is 0 Å². The van der Waals surface area contributed by atoms with E-state index in [1.54, 1.807) is 41.3 Å². The Morgan fingerprint density at radius 3 is 2.18 bits per heavy atom. The van der Waals surface area contributed by atoms with Crippen LogP contribution in [0.5, 0.6) is 0 Å². The topological polar surface area (TPSA) is 57.7 Å². The van der Waals surface area contributed by atoms with Crippen LogP contribution in [-0.4, -0.2) is 37.8 Å². The van der Waals surface area contributed by atoms with E-state index in [9.17, 15) is 13.2 Å². The van der Waals surface area contributed by atoms with Crippen LogP contribution in [0.3, 0.4) is 0 Å². The van der Waals surface area contributed by atoms with Gasteiger partial charge in [-0.1, -0.05) is 60.5 Å². The molecule has 0 aromatic heterocycles. The first-order valence-electron chi connectivity index (χ1n) is 11.5. The van der Waals surface area contributed by atoms with Gasteiger partial charge in [-0.05, 0) is 68.1 Å². The van der Waals surface area contributed by atoms with Crippen LogP contribution < -0.4 is 4.90 Å². The average molecular weight is 497 g/mol. The van der Waals surface area contributed by atoms with Crippen molar-refractivity contribution >= 4 is 33.2 Å². The first kappa shape index (κ1) is 24.5. The fraction of sp³-hybridized carbons (Fsp3) is 0.296. The lowest BCUT2D eigenvalue weighted by atomic mass is 10.0. The van der Waals surface area contributed by atoms with Crippen molar-refractivity contribution in [3.05, 3.63) is 94.5 Å². The van der Waals surface area contributed by atoms with Gasteiger partial charge in [-0.15, -0.1) is 0 Å². The summed E-state index contributed by atoms with van der Waals surface area (Å²) in [6, 6.07) is 21.8. The van der Waals surface area contributed by atoms with Gasteiger partial charge in [0.15, 0.2) is 0 Å². The van der Waals surface area contributed by atoms with Gasteiger partial charge in [0.25, 0.3) is 5.91 Å². The summed E-state index contributed by atoms with van der Waals surface area (Å²) in [6.45, 7) is 4.74. The van der Waals surface area contributed by atoms with Crippen LogP contribution in [0, 0.1) is 6.92 Å². The summed E-state index contributed by atoms with van der Waals surface area (Å²) in [5.41, 5.74) is 3.43. The van der Waals surface area contributed by atoms with Crippen molar-refractivity contribution in [2.24, 2.45) is 0 Å². The van der Waals surface area contributed by atoms with Crippen LogP contribution in [0.25, 0.3) is 0 Å². The Kier molecular flexibility index (Phi) is 7.41. The molecule has 0 atom stereocenters. The zero-order valence-electron chi connectivity index (χ0n) is 19.4. The molecule has 7 heteroatoms. The molecule has 34 heavy (non-hydrogen) atoms. The van der Waals surface area contributed by atoms with Gasteiger partial charge in [0, 0.05) is 24.8 Å². The lowest BCUT2D eigenvalue weighted by molar-refractivity contribution is 0.0968. The fourth-order valence-electron chi connectivity index (χ4n) is 4.35. The van der Waals surface area contributed by atoms with Gasteiger partial charge in [0.1, 0.15) is 0 Å². The number of amides is 1. The van der Waals surface area contributed by atoms with E-state index in [0.717, 1.165) is 23.2 Å². The van der Waals surface area contributed by atoms with E-state index in [-0.39, 0.29) is 11.9 Å². The van der Waals surface area contributed by atoms with Crippen LogP contribution in [-0.2, 0) is 16.4 Å². The molecule has 4 rings (SSSR count). The van der Waals surface area contributed by atoms with Crippen molar-refractivity contribution in [2.45, 2.75) is 44.0 Å². The van der Waals surface area contributed by atoms with Gasteiger partial charge in [-0.2, -0.15) is 4.31 Å². The van der Waals surface area contributed by atoms with Crippen LogP contribution >= 0.6 is 11.6 Å². The predicted octanol–water partition coefficient (Wildman–Crippen LogP) is 5.71. The number of sulfonamides is 1. The Bertz CT molecular complexity index is 1250. The minimum Gasteiger partial charge on any atom is -0.305 e. The lowest BCUT2D eigenvalue weighted by Gasteiger charge is -2.38. The first-order valence-corrected chi connectivity index (χ1v) is 13.4. The molecule has 0 bridgehead atoms. The third kappa shape index (κ3) is 5.04. The van der Waals surface area contributed by atoms with E-state index in [0.29, 0.717) is 41.4 Å². The van der Waals surface area contributed by atoms with Gasteiger partial charge in [-0.3, -0.25) is 4.79 Å². The largest absolute Gasteiger partial charge is 0.305 e. The van der Waals surface area contributed by atoms with Crippen LogP contribution in [0.4, 0.5) is 5.69 Å². The zero-order valence-corrected chi connectivity index (χ0v) is 21.0. The molecule has 0 aliphatic carbocycles. The Balaban J connectivity index is 1.57. The fourth-order valence-corrected chi connectivity index (χ4v) is 6.04. The van der Waals surface area contributed by atoms with Gasteiger partial charge in [0.05, 0.1) is 15.5 Å². The highest BCUT2D eigenvalue weighted by atomic mass is 35.5. The summed E-state index contributed by atoms with van der Waals surface area (Å²) in [6.07, 6.45) is 1.94. The number of halogens is 1. The minimum absolute atomic E-state index is 0.139. The molecule has 5 nitrogen and oxygen atoms in total. The molecular weight excluding hydrogens is 468 g/mol. The molecule has 0 radical (unpaired) electrons. The molecule has 3 aromatic carbocycles. The van der Waals surface area contributed by atoms with Crippen LogP contribution in [0.1, 0.15) is 41.3 Å². The maximum Gasteiger partial charge on any atom is 0.260 e. The number of benzene rings is 3. The zero-order chi connectivity index (χ0) is 24.3. The van der Waals surface area contributed by atoms with E-state index in [4.69, 9.17) is 11.6 Å². The Labute approximate surface area is 207 Å². The highest BCUT2D eigenvalue weighted by molar-refractivity contribution is 7.89. The molecule has 1 saturated heterocycles. The van der Waals surface area contributed by atoms with Gasteiger partial charge >= 0.3 is 0 Å². The van der Waals surface area contributed by atoms with E-state index in [2.05, 4.69) is 0 Å². The molecule has 1 aliphatic heterocycles. The number of carbonyl (C=O) groups excluding carboxylic acids is 1. The number of aryl methyl sites for hydroxylation is 2. The molecule has 1 aliphatic rings. The number of carbonyl (C=O) groups is 1.